The van der Waals surface area contributed by atoms with Gasteiger partial charge in [-0.25, -0.2) is 0 Å². The fourth-order valence-electron chi connectivity index (χ4n) is 2.24. The van der Waals surface area contributed by atoms with Gasteiger partial charge in [0.1, 0.15) is 19.7 Å². The van der Waals surface area contributed by atoms with Gasteiger partial charge in [-0.2, -0.15) is 0 Å². The maximum absolute atomic E-state index is 5.56. The highest BCUT2D eigenvalue weighted by molar-refractivity contribution is 5.42. The van der Waals surface area contributed by atoms with Crippen LogP contribution in [-0.2, 0) is 13.1 Å². The molecule has 2 N–H and O–H groups in total. The minimum absolute atomic E-state index is 0.481. The Bertz CT molecular complexity index is 605. The molecule has 0 aromatic heterocycles. The summed E-state index contributed by atoms with van der Waals surface area (Å²) in [5.74, 6) is 1.52. The van der Waals surface area contributed by atoms with Gasteiger partial charge in [-0.3, -0.25) is 0 Å². The molecule has 0 aliphatic heterocycles. The Morgan fingerprint density at radius 1 is 1.00 bits per heavy atom. The van der Waals surface area contributed by atoms with E-state index >= 15 is 0 Å². The summed E-state index contributed by atoms with van der Waals surface area (Å²) in [7, 11) is 1.66. The lowest BCUT2D eigenvalue weighted by molar-refractivity contribution is -0.686. The fraction of sp³-hybridized carbons (Fsp3) is 0.263. The molecule has 0 aliphatic carbocycles. The van der Waals surface area contributed by atoms with Gasteiger partial charge in [0.05, 0.1) is 7.11 Å². The van der Waals surface area contributed by atoms with Crippen molar-refractivity contribution >= 4 is 0 Å². The van der Waals surface area contributed by atoms with E-state index in [1.54, 1.807) is 13.2 Å². The molecule has 116 valence electrons. The minimum Gasteiger partial charge on any atom is -0.493 e. The van der Waals surface area contributed by atoms with Crippen LogP contribution in [0.2, 0.25) is 0 Å². The minimum atomic E-state index is 0.481. The van der Waals surface area contributed by atoms with Crippen LogP contribution < -0.4 is 14.8 Å². The van der Waals surface area contributed by atoms with Crippen molar-refractivity contribution in [2.75, 3.05) is 13.7 Å². The van der Waals surface area contributed by atoms with Crippen LogP contribution in [-0.4, -0.2) is 13.7 Å². The number of hydrogen-bond acceptors (Lipinski definition) is 2. The van der Waals surface area contributed by atoms with Crippen LogP contribution >= 0.6 is 0 Å². The van der Waals surface area contributed by atoms with Crippen molar-refractivity contribution in [3.05, 3.63) is 71.8 Å². The third-order valence-corrected chi connectivity index (χ3v) is 3.47. The van der Waals surface area contributed by atoms with Crippen molar-refractivity contribution < 1.29 is 14.8 Å². The average molecular weight is 298 g/mol. The molecule has 0 saturated carbocycles. The first kappa shape index (κ1) is 16.1. The SMILES string of the molecule is C=CCOc1ccc(C[NH2+]Cc2ccc(C)cc2)cc1OC. The number of benzene rings is 2. The highest BCUT2D eigenvalue weighted by Gasteiger charge is 2.06. The fourth-order valence-corrected chi connectivity index (χ4v) is 2.24. The standard InChI is InChI=1S/C19H23NO2/c1-4-11-22-18-10-9-17(12-19(18)21-3)14-20-13-16-7-5-15(2)6-8-16/h4-10,12,20H,1,11,13-14H2,2-3H3/p+1. The molecule has 0 atom stereocenters. The molecule has 0 saturated heterocycles. The number of rotatable bonds is 8. The number of nitrogens with two attached hydrogens (primary N) is 1. The Morgan fingerprint density at radius 2 is 1.68 bits per heavy atom. The molecule has 3 heteroatoms. The van der Waals surface area contributed by atoms with Crippen molar-refractivity contribution in [2.45, 2.75) is 20.0 Å². The normalized spacial score (nSPS) is 10.3. The molecule has 0 unspecified atom stereocenters. The zero-order valence-electron chi connectivity index (χ0n) is 13.3. The molecule has 2 aromatic carbocycles. The Labute approximate surface area is 132 Å². The van der Waals surface area contributed by atoms with Gasteiger partial charge in [0.15, 0.2) is 11.5 Å². The van der Waals surface area contributed by atoms with Crippen molar-refractivity contribution in [3.63, 3.8) is 0 Å². The predicted molar refractivity (Wildman–Crippen MR) is 89.2 cm³/mol. The molecule has 0 aliphatic rings. The molecule has 0 heterocycles. The Morgan fingerprint density at radius 3 is 2.36 bits per heavy atom. The van der Waals surface area contributed by atoms with Gasteiger partial charge in [0.25, 0.3) is 0 Å². The summed E-state index contributed by atoms with van der Waals surface area (Å²) in [6.07, 6.45) is 1.72. The maximum Gasteiger partial charge on any atom is 0.161 e. The monoisotopic (exact) mass is 298 g/mol. The average Bonchev–Trinajstić information content (AvgIpc) is 2.55. The first-order valence-corrected chi connectivity index (χ1v) is 7.50. The van der Waals surface area contributed by atoms with E-state index in [1.165, 1.54) is 16.7 Å². The first-order valence-electron chi connectivity index (χ1n) is 7.50. The van der Waals surface area contributed by atoms with E-state index in [-0.39, 0.29) is 0 Å². The van der Waals surface area contributed by atoms with Crippen LogP contribution in [0.25, 0.3) is 0 Å². The molecule has 2 aromatic rings. The summed E-state index contributed by atoms with van der Waals surface area (Å²) in [6.45, 7) is 8.12. The summed E-state index contributed by atoms with van der Waals surface area (Å²) in [5.41, 5.74) is 3.85. The Kier molecular flexibility index (Phi) is 6.04. The van der Waals surface area contributed by atoms with Crippen LogP contribution in [0.5, 0.6) is 11.5 Å². The molecule has 2 rings (SSSR count). The highest BCUT2D eigenvalue weighted by Crippen LogP contribution is 2.27. The molecule has 0 fully saturated rings. The molecule has 0 radical (unpaired) electrons. The van der Waals surface area contributed by atoms with Gasteiger partial charge in [-0.15, -0.1) is 0 Å². The lowest BCUT2D eigenvalue weighted by Gasteiger charge is -2.10. The van der Waals surface area contributed by atoms with Crippen molar-refractivity contribution in [1.29, 1.82) is 0 Å². The quantitative estimate of drug-likeness (QED) is 0.761. The van der Waals surface area contributed by atoms with E-state index in [4.69, 9.17) is 9.47 Å². The smallest absolute Gasteiger partial charge is 0.161 e. The van der Waals surface area contributed by atoms with E-state index in [0.29, 0.717) is 6.61 Å². The van der Waals surface area contributed by atoms with Gasteiger partial charge in [-0.05, 0) is 25.1 Å². The summed E-state index contributed by atoms with van der Waals surface area (Å²) in [4.78, 5) is 0. The van der Waals surface area contributed by atoms with Crippen LogP contribution in [0.15, 0.2) is 55.1 Å². The summed E-state index contributed by atoms with van der Waals surface area (Å²) in [6, 6.07) is 14.7. The number of hydrogen-bond donors (Lipinski definition) is 1. The van der Waals surface area contributed by atoms with E-state index < -0.39 is 0 Å². The van der Waals surface area contributed by atoms with E-state index in [0.717, 1.165) is 24.6 Å². The molecular formula is C19H24NO2+. The van der Waals surface area contributed by atoms with Crippen molar-refractivity contribution in [1.82, 2.24) is 0 Å². The van der Waals surface area contributed by atoms with E-state index in [1.807, 2.05) is 12.1 Å². The van der Waals surface area contributed by atoms with Crippen LogP contribution in [0.1, 0.15) is 16.7 Å². The van der Waals surface area contributed by atoms with Crippen LogP contribution in [0.3, 0.4) is 0 Å². The van der Waals surface area contributed by atoms with Crippen molar-refractivity contribution in [2.24, 2.45) is 0 Å². The highest BCUT2D eigenvalue weighted by atomic mass is 16.5. The zero-order chi connectivity index (χ0) is 15.8. The number of ether oxygens (including phenoxy) is 2. The number of quaternary nitrogens is 1. The largest absolute Gasteiger partial charge is 0.493 e. The van der Waals surface area contributed by atoms with Gasteiger partial charge < -0.3 is 14.8 Å². The van der Waals surface area contributed by atoms with E-state index in [2.05, 4.69) is 49.2 Å². The third-order valence-electron chi connectivity index (χ3n) is 3.47. The Balaban J connectivity index is 1.92. The van der Waals surface area contributed by atoms with Crippen molar-refractivity contribution in [3.8, 4) is 11.5 Å². The van der Waals surface area contributed by atoms with Gasteiger partial charge in [-0.1, -0.05) is 42.5 Å². The number of methoxy groups -OCH3 is 1. The second-order valence-corrected chi connectivity index (χ2v) is 5.27. The predicted octanol–water partition coefficient (Wildman–Crippen LogP) is 2.83. The van der Waals surface area contributed by atoms with Gasteiger partial charge in [0, 0.05) is 11.1 Å². The summed E-state index contributed by atoms with van der Waals surface area (Å²) < 4.78 is 11.0. The van der Waals surface area contributed by atoms with Crippen LogP contribution in [0.4, 0.5) is 0 Å². The van der Waals surface area contributed by atoms with Gasteiger partial charge >= 0.3 is 0 Å². The van der Waals surface area contributed by atoms with Crippen LogP contribution in [0, 0.1) is 6.92 Å². The molecule has 0 amide bonds. The molecule has 3 nitrogen and oxygen atoms in total. The van der Waals surface area contributed by atoms with Gasteiger partial charge in [0.2, 0.25) is 0 Å². The second kappa shape index (κ2) is 8.25. The first-order chi connectivity index (χ1) is 10.7. The molecule has 22 heavy (non-hydrogen) atoms. The maximum atomic E-state index is 5.56. The molecular weight excluding hydrogens is 274 g/mol. The number of aryl methyl sites for hydroxylation is 1. The third kappa shape index (κ3) is 4.64. The Hall–Kier alpha value is -2.26. The van der Waals surface area contributed by atoms with E-state index in [9.17, 15) is 0 Å². The second-order valence-electron chi connectivity index (χ2n) is 5.27. The lowest BCUT2D eigenvalue weighted by atomic mass is 10.1. The molecule has 0 bridgehead atoms. The zero-order valence-corrected chi connectivity index (χ0v) is 13.3. The summed E-state index contributed by atoms with van der Waals surface area (Å²) >= 11 is 0. The lowest BCUT2D eigenvalue weighted by Crippen LogP contribution is -2.80. The molecule has 0 spiro atoms. The topological polar surface area (TPSA) is 35.1 Å². The summed E-state index contributed by atoms with van der Waals surface area (Å²) in [5, 5.41) is 2.28.